The second kappa shape index (κ2) is 15.4. The number of nitrogens with two attached hydrogens (primary N) is 1. The maximum Gasteiger partial charge on any atom is 0.411 e. The number of nitrogens with zero attached hydrogens (tertiary/aromatic N) is 3. The summed E-state index contributed by atoms with van der Waals surface area (Å²) < 4.78 is 5.54. The number of Topliss-reactive ketones (excluding diaryl/α,β-unsaturated/α-hetero) is 2. The first-order valence-corrected chi connectivity index (χ1v) is 18.0. The third kappa shape index (κ3) is 7.55. The van der Waals surface area contributed by atoms with Crippen LogP contribution in [0.4, 0.5) is 16.2 Å². The first-order chi connectivity index (χ1) is 26.5. The topological polar surface area (TPSA) is 261 Å². The van der Waals surface area contributed by atoms with Crippen LogP contribution in [0.25, 0.3) is 6.08 Å². The summed E-state index contributed by atoms with van der Waals surface area (Å²) in [5.74, 6) is -9.94. The van der Waals surface area contributed by atoms with E-state index in [0.717, 1.165) is 11.0 Å². The Balaban J connectivity index is 1.47. The highest BCUT2D eigenvalue weighted by Crippen LogP contribution is 2.54. The number of carbonyl (C=O) groups excluding carboxylic acids is 5. The quantitative estimate of drug-likeness (QED) is 0.104. The van der Waals surface area contributed by atoms with Crippen molar-refractivity contribution in [2.75, 3.05) is 45.0 Å². The molecule has 0 spiro atoms. The molecule has 17 heteroatoms. The molecule has 2 aromatic carbocycles. The van der Waals surface area contributed by atoms with Crippen LogP contribution in [0.2, 0.25) is 0 Å². The largest absolute Gasteiger partial charge is 0.510 e. The fraction of sp³-hybridized carbons (Fsp3) is 0.400. The Morgan fingerprint density at radius 3 is 2.28 bits per heavy atom. The number of aliphatic carboxylic acids is 1. The molecular weight excluding hydrogens is 742 g/mol. The molecule has 8 N–H and O–H groups in total. The third-order valence-corrected chi connectivity index (χ3v) is 10.6. The van der Waals surface area contributed by atoms with Gasteiger partial charge in [0.05, 0.1) is 17.3 Å². The number of hydrogen-bond acceptors (Lipinski definition) is 13. The van der Waals surface area contributed by atoms with Gasteiger partial charge in [-0.3, -0.25) is 29.0 Å². The number of allylic oxidation sites excluding steroid dienone is 1. The molecule has 17 nitrogen and oxygen atoms in total. The minimum absolute atomic E-state index is 0.0305. The van der Waals surface area contributed by atoms with Crippen LogP contribution in [0.15, 0.2) is 59.1 Å². The third-order valence-electron chi connectivity index (χ3n) is 10.6. The lowest BCUT2D eigenvalue weighted by Crippen LogP contribution is -2.63. The number of amides is 3. The number of phenols is 1. The van der Waals surface area contributed by atoms with Gasteiger partial charge < -0.3 is 46.2 Å². The molecule has 5 rings (SSSR count). The van der Waals surface area contributed by atoms with Gasteiger partial charge in [0.2, 0.25) is 11.7 Å². The van der Waals surface area contributed by atoms with Crippen LogP contribution in [-0.4, -0.2) is 123 Å². The predicted octanol–water partition coefficient (Wildman–Crippen LogP) is 2.66. The Morgan fingerprint density at radius 2 is 1.70 bits per heavy atom. The van der Waals surface area contributed by atoms with Crippen LogP contribution in [0.1, 0.15) is 54.2 Å². The van der Waals surface area contributed by atoms with Crippen molar-refractivity contribution < 1.29 is 59.0 Å². The highest BCUT2D eigenvalue weighted by atomic mass is 16.6. The van der Waals surface area contributed by atoms with E-state index in [4.69, 9.17) is 15.6 Å². The van der Waals surface area contributed by atoms with Crippen LogP contribution in [-0.2, 0) is 36.9 Å². The lowest BCUT2D eigenvalue weighted by Gasteiger charge is -2.50. The van der Waals surface area contributed by atoms with E-state index in [-0.39, 0.29) is 36.3 Å². The fourth-order valence-corrected chi connectivity index (χ4v) is 7.91. The summed E-state index contributed by atoms with van der Waals surface area (Å²) in [6.07, 6.45) is 1.38. The van der Waals surface area contributed by atoms with Gasteiger partial charge in [0.25, 0.3) is 5.91 Å². The van der Waals surface area contributed by atoms with Gasteiger partial charge in [-0.25, -0.2) is 9.59 Å². The van der Waals surface area contributed by atoms with E-state index in [9.17, 15) is 49.2 Å². The molecule has 3 aliphatic carbocycles. The number of aliphatic hydroxyl groups excluding tert-OH is 2. The molecule has 3 aliphatic rings. The van der Waals surface area contributed by atoms with Gasteiger partial charge in [-0.2, -0.15) is 0 Å². The summed E-state index contributed by atoms with van der Waals surface area (Å²) in [4.78, 5) is 82.7. The van der Waals surface area contributed by atoms with Gasteiger partial charge in [0, 0.05) is 42.9 Å². The van der Waals surface area contributed by atoms with Crippen molar-refractivity contribution in [1.29, 1.82) is 0 Å². The van der Waals surface area contributed by atoms with Crippen LogP contribution in [0, 0.1) is 11.8 Å². The number of anilines is 2. The first kappa shape index (κ1) is 42.0. The van der Waals surface area contributed by atoms with E-state index in [1.807, 2.05) is 0 Å². The number of primary amides is 1. The van der Waals surface area contributed by atoms with Gasteiger partial charge in [-0.15, -0.1) is 0 Å². The van der Waals surface area contributed by atoms with Crippen molar-refractivity contribution >= 4 is 52.9 Å². The zero-order chi connectivity index (χ0) is 42.5. The summed E-state index contributed by atoms with van der Waals surface area (Å²) in [6.45, 7) is 4.21. The normalized spacial score (nSPS) is 21.9. The lowest BCUT2D eigenvalue weighted by atomic mass is 9.58. The molecule has 57 heavy (non-hydrogen) atoms. The Labute approximate surface area is 328 Å². The summed E-state index contributed by atoms with van der Waals surface area (Å²) in [5.41, 5.74) is 1.63. The predicted molar refractivity (Wildman–Crippen MR) is 206 cm³/mol. The summed E-state index contributed by atoms with van der Waals surface area (Å²) in [5, 5.41) is 57.9. The summed E-state index contributed by atoms with van der Waals surface area (Å²) >= 11 is 0. The van der Waals surface area contributed by atoms with Gasteiger partial charge in [0.1, 0.15) is 30.2 Å². The Kier molecular flexibility index (Phi) is 11.3. The highest BCUT2D eigenvalue weighted by Gasteiger charge is 2.63. The zero-order valence-electron chi connectivity index (χ0n) is 32.6. The number of aromatic hydroxyl groups is 1. The molecule has 3 amide bonds. The van der Waals surface area contributed by atoms with Gasteiger partial charge >= 0.3 is 12.1 Å². The van der Waals surface area contributed by atoms with E-state index < -0.39 is 93.8 Å². The van der Waals surface area contributed by atoms with Crippen molar-refractivity contribution in [2.45, 2.75) is 57.4 Å². The average Bonchev–Trinajstić information content (AvgIpc) is 3.10. The maximum absolute atomic E-state index is 14.4. The second-order valence-corrected chi connectivity index (χ2v) is 15.7. The molecule has 0 aliphatic heterocycles. The number of phenolic OH excluding ortho intramolecular Hbond substituents is 1. The minimum Gasteiger partial charge on any atom is -0.510 e. The van der Waals surface area contributed by atoms with E-state index in [1.54, 1.807) is 78.1 Å². The smallest absolute Gasteiger partial charge is 0.411 e. The fourth-order valence-electron chi connectivity index (χ4n) is 7.91. The van der Waals surface area contributed by atoms with E-state index in [0.29, 0.717) is 22.4 Å². The number of carboxylic acids is 1. The van der Waals surface area contributed by atoms with Crippen molar-refractivity contribution in [3.05, 3.63) is 81.3 Å². The maximum atomic E-state index is 14.4. The van der Waals surface area contributed by atoms with Crippen LogP contribution in [0.5, 0.6) is 5.75 Å². The molecule has 0 radical (unpaired) electrons. The molecular formula is C40H47N5O12. The van der Waals surface area contributed by atoms with Crippen LogP contribution < -0.4 is 16.0 Å². The molecule has 304 valence electrons. The first-order valence-electron chi connectivity index (χ1n) is 18.0. The number of carbonyl (C=O) groups is 6. The number of aliphatic hydroxyl groups is 3. The number of ketones is 2. The number of fused-ring (bicyclic) bond motifs is 3. The van der Waals surface area contributed by atoms with Gasteiger partial charge in [-0.05, 0) is 82.5 Å². The van der Waals surface area contributed by atoms with Crippen LogP contribution >= 0.6 is 0 Å². The SMILES string of the molecule is CN(C)c1cc(NC(=O)CN(C(=O)OCc2ccccc2C=CC(=O)O)C(C)(C)C)c(O)c2c1C[C@H]1C[C@H]3[C@H](N(C)C)C(O)=C(C(N)=O)C(=O)[C@@]3(O)C(O)=C1C2=O. The molecule has 0 bridgehead atoms. The molecule has 0 unspecified atom stereocenters. The highest BCUT2D eigenvalue weighted by molar-refractivity contribution is 6.25. The number of hydrogen-bond donors (Lipinski definition) is 7. The number of benzene rings is 2. The lowest BCUT2D eigenvalue weighted by molar-refractivity contribution is -0.148. The number of nitrogens with one attached hydrogen (secondary N) is 1. The number of rotatable bonds is 10. The monoisotopic (exact) mass is 789 g/mol. The van der Waals surface area contributed by atoms with E-state index in [2.05, 4.69) is 5.32 Å². The number of ether oxygens (including phenoxy) is 1. The van der Waals surface area contributed by atoms with E-state index in [1.165, 1.54) is 17.0 Å². The van der Waals surface area contributed by atoms with E-state index >= 15 is 0 Å². The Hall–Kier alpha value is -6.20. The molecule has 0 saturated heterocycles. The van der Waals surface area contributed by atoms with Crippen LogP contribution in [0.3, 0.4) is 0 Å². The van der Waals surface area contributed by atoms with Crippen molar-refractivity contribution in [3.63, 3.8) is 0 Å². The Morgan fingerprint density at radius 1 is 1.05 bits per heavy atom. The number of likely N-dealkylation sites (N-methyl/N-ethyl adjacent to an activating group) is 1. The van der Waals surface area contributed by atoms with Crippen molar-refractivity contribution in [1.82, 2.24) is 9.80 Å². The van der Waals surface area contributed by atoms with Crippen molar-refractivity contribution in [3.8, 4) is 5.75 Å². The average molecular weight is 790 g/mol. The zero-order valence-corrected chi connectivity index (χ0v) is 32.6. The minimum atomic E-state index is -2.82. The second-order valence-electron chi connectivity index (χ2n) is 15.7. The van der Waals surface area contributed by atoms with Gasteiger partial charge in [-0.1, -0.05) is 24.3 Å². The molecule has 0 heterocycles. The molecule has 2 aromatic rings. The molecule has 0 saturated carbocycles. The number of carboxylic acid groups (broad SMARTS) is 1. The van der Waals surface area contributed by atoms with Crippen molar-refractivity contribution in [2.24, 2.45) is 17.6 Å². The summed E-state index contributed by atoms with van der Waals surface area (Å²) in [6, 6.07) is 7.00. The van der Waals surface area contributed by atoms with Gasteiger partial charge in [0.15, 0.2) is 17.1 Å². The molecule has 4 atom stereocenters. The summed E-state index contributed by atoms with van der Waals surface area (Å²) in [7, 11) is 6.43. The molecule has 0 fully saturated rings. The molecule has 0 aromatic heterocycles. The standard InChI is InChI=1S/C40H47N5O12/c1-39(2,3)45(38(55)57-18-20-11-9-8-10-19(20)12-13-27(47)48)17-26(46)42-24-16-25(43(4)5)22-14-21-15-23-31(44(6)7)34(51)30(37(41)54)36(53)40(23,56)35(52)28(21)33(50)29(22)32(24)49/h8-13,16,21,23,31,49,51-52,56H,14-15,17-18H2,1-7H3,(H2,41,54)(H,42,46)(H,47,48)/t21-,23-,31-,40-/m0/s1. The Bertz CT molecular complexity index is 2160.